The summed E-state index contributed by atoms with van der Waals surface area (Å²) < 4.78 is 23.3. The third-order valence-corrected chi connectivity index (χ3v) is 5.06. The molecule has 5 heteroatoms. The fourth-order valence-corrected chi connectivity index (χ4v) is 3.23. The Bertz CT molecular complexity index is 582. The molecule has 0 radical (unpaired) electrons. The number of aryl methyl sites for hydroxylation is 1. The van der Waals surface area contributed by atoms with Gasteiger partial charge in [0.15, 0.2) is 9.84 Å². The summed E-state index contributed by atoms with van der Waals surface area (Å²) in [6.45, 7) is 8.53. The standard InChI is InChI=1S/C15H24N2O2S/c1-11(2)17-8-7-13(10-17)16-15-9-14(20(4,18)19)6-5-12(15)3/h5-6,9,11,13,16H,7-8,10H2,1-4H3. The molecule has 1 aliphatic rings. The molecule has 0 spiro atoms. The van der Waals surface area contributed by atoms with Gasteiger partial charge in [0.1, 0.15) is 0 Å². The van der Waals surface area contributed by atoms with Crippen molar-refractivity contribution in [2.75, 3.05) is 24.7 Å². The van der Waals surface area contributed by atoms with E-state index in [1.165, 1.54) is 6.26 Å². The van der Waals surface area contributed by atoms with Gasteiger partial charge in [-0.3, -0.25) is 4.90 Å². The molecule has 1 fully saturated rings. The zero-order valence-corrected chi connectivity index (χ0v) is 13.5. The van der Waals surface area contributed by atoms with Crippen LogP contribution in [0.3, 0.4) is 0 Å². The van der Waals surface area contributed by atoms with Crippen LogP contribution in [0.5, 0.6) is 0 Å². The van der Waals surface area contributed by atoms with E-state index in [4.69, 9.17) is 0 Å². The first-order valence-electron chi connectivity index (χ1n) is 7.08. The lowest BCUT2D eigenvalue weighted by atomic mass is 10.1. The van der Waals surface area contributed by atoms with Crippen molar-refractivity contribution in [3.8, 4) is 0 Å². The average Bonchev–Trinajstić information content (AvgIpc) is 2.79. The van der Waals surface area contributed by atoms with Gasteiger partial charge < -0.3 is 5.32 Å². The summed E-state index contributed by atoms with van der Waals surface area (Å²) in [7, 11) is -3.15. The molecule has 0 aliphatic carbocycles. The first-order valence-corrected chi connectivity index (χ1v) is 8.98. The second kappa shape index (κ2) is 5.74. The van der Waals surface area contributed by atoms with E-state index in [1.54, 1.807) is 12.1 Å². The quantitative estimate of drug-likeness (QED) is 0.926. The van der Waals surface area contributed by atoms with Crippen molar-refractivity contribution >= 4 is 15.5 Å². The minimum Gasteiger partial charge on any atom is -0.381 e. The monoisotopic (exact) mass is 296 g/mol. The first-order chi connectivity index (χ1) is 9.27. The lowest BCUT2D eigenvalue weighted by molar-refractivity contribution is 0.274. The van der Waals surface area contributed by atoms with Crippen LogP contribution in [-0.2, 0) is 9.84 Å². The molecule has 1 unspecified atom stereocenters. The van der Waals surface area contributed by atoms with E-state index < -0.39 is 9.84 Å². The van der Waals surface area contributed by atoms with Crippen LogP contribution in [0.25, 0.3) is 0 Å². The van der Waals surface area contributed by atoms with Crippen molar-refractivity contribution in [1.29, 1.82) is 0 Å². The van der Waals surface area contributed by atoms with E-state index in [2.05, 4.69) is 24.1 Å². The minimum atomic E-state index is -3.15. The largest absolute Gasteiger partial charge is 0.381 e. The van der Waals surface area contributed by atoms with E-state index in [9.17, 15) is 8.42 Å². The Morgan fingerprint density at radius 1 is 1.35 bits per heavy atom. The van der Waals surface area contributed by atoms with Crippen molar-refractivity contribution < 1.29 is 8.42 Å². The molecule has 4 nitrogen and oxygen atoms in total. The van der Waals surface area contributed by atoms with E-state index in [0.29, 0.717) is 17.0 Å². The van der Waals surface area contributed by atoms with Crippen molar-refractivity contribution in [3.63, 3.8) is 0 Å². The summed E-state index contributed by atoms with van der Waals surface area (Å²) in [5, 5.41) is 3.50. The van der Waals surface area contributed by atoms with Crippen molar-refractivity contribution in [2.24, 2.45) is 0 Å². The van der Waals surface area contributed by atoms with Gasteiger partial charge in [-0.2, -0.15) is 0 Å². The molecule has 0 amide bonds. The molecule has 0 saturated carbocycles. The van der Waals surface area contributed by atoms with Gasteiger partial charge in [0.05, 0.1) is 4.90 Å². The zero-order valence-electron chi connectivity index (χ0n) is 12.7. The van der Waals surface area contributed by atoms with Crippen molar-refractivity contribution in [3.05, 3.63) is 23.8 Å². The molecule has 0 bridgehead atoms. The molecule has 20 heavy (non-hydrogen) atoms. The SMILES string of the molecule is Cc1ccc(S(C)(=O)=O)cc1NC1CCN(C(C)C)C1. The fraction of sp³-hybridized carbons (Fsp3) is 0.600. The molecule has 1 N–H and O–H groups in total. The summed E-state index contributed by atoms with van der Waals surface area (Å²) >= 11 is 0. The highest BCUT2D eigenvalue weighted by atomic mass is 32.2. The van der Waals surface area contributed by atoms with Crippen LogP contribution in [0, 0.1) is 6.92 Å². The highest BCUT2D eigenvalue weighted by Crippen LogP contribution is 2.23. The van der Waals surface area contributed by atoms with E-state index in [0.717, 1.165) is 30.8 Å². The number of rotatable bonds is 4. The van der Waals surface area contributed by atoms with Crippen LogP contribution in [0.1, 0.15) is 25.8 Å². The number of benzene rings is 1. The molecule has 1 saturated heterocycles. The van der Waals surface area contributed by atoms with Crippen LogP contribution in [-0.4, -0.2) is 44.7 Å². The van der Waals surface area contributed by atoms with Gasteiger partial charge >= 0.3 is 0 Å². The maximum absolute atomic E-state index is 11.6. The van der Waals surface area contributed by atoms with Gasteiger partial charge in [0, 0.05) is 37.1 Å². The molecule has 0 aromatic heterocycles. The predicted molar refractivity (Wildman–Crippen MR) is 83.0 cm³/mol. The van der Waals surface area contributed by atoms with Crippen LogP contribution >= 0.6 is 0 Å². The molecular weight excluding hydrogens is 272 g/mol. The minimum absolute atomic E-state index is 0.379. The summed E-state index contributed by atoms with van der Waals surface area (Å²) in [6.07, 6.45) is 2.35. The molecule has 112 valence electrons. The highest BCUT2D eigenvalue weighted by Gasteiger charge is 2.24. The van der Waals surface area contributed by atoms with Gasteiger partial charge in [-0.1, -0.05) is 6.07 Å². The summed E-state index contributed by atoms with van der Waals surface area (Å²) in [4.78, 5) is 2.82. The Hall–Kier alpha value is -1.07. The normalized spacial score (nSPS) is 20.6. The molecule has 1 aromatic rings. The van der Waals surface area contributed by atoms with Crippen LogP contribution < -0.4 is 5.32 Å². The molecule has 1 heterocycles. The third-order valence-electron chi connectivity index (χ3n) is 3.95. The Kier molecular flexibility index (Phi) is 4.39. The number of nitrogens with one attached hydrogen (secondary N) is 1. The second-order valence-electron chi connectivity index (χ2n) is 5.97. The third kappa shape index (κ3) is 3.52. The Balaban J connectivity index is 2.14. The van der Waals surface area contributed by atoms with Gasteiger partial charge in [-0.05, 0) is 44.9 Å². The van der Waals surface area contributed by atoms with Crippen LogP contribution in [0.15, 0.2) is 23.1 Å². The van der Waals surface area contributed by atoms with Gasteiger partial charge in [0.25, 0.3) is 0 Å². The summed E-state index contributed by atoms with van der Waals surface area (Å²) in [6, 6.07) is 6.25. The fourth-order valence-electron chi connectivity index (χ4n) is 2.58. The molecule has 2 rings (SSSR count). The Morgan fingerprint density at radius 3 is 2.60 bits per heavy atom. The lowest BCUT2D eigenvalue weighted by Gasteiger charge is -2.21. The number of anilines is 1. The second-order valence-corrected chi connectivity index (χ2v) is 7.98. The Labute approximate surface area is 122 Å². The maximum Gasteiger partial charge on any atom is 0.175 e. The summed E-state index contributed by atoms with van der Waals surface area (Å²) in [5.74, 6) is 0. The highest BCUT2D eigenvalue weighted by molar-refractivity contribution is 7.90. The van der Waals surface area contributed by atoms with Gasteiger partial charge in [-0.25, -0.2) is 8.42 Å². The topological polar surface area (TPSA) is 49.4 Å². The Morgan fingerprint density at radius 2 is 2.05 bits per heavy atom. The summed E-state index contributed by atoms with van der Waals surface area (Å²) in [5.41, 5.74) is 2.02. The molecule has 1 aliphatic heterocycles. The van der Waals surface area contributed by atoms with Crippen LogP contribution in [0.4, 0.5) is 5.69 Å². The molecule has 1 atom stereocenters. The average molecular weight is 296 g/mol. The van der Waals surface area contributed by atoms with E-state index in [-0.39, 0.29) is 0 Å². The number of nitrogens with zero attached hydrogens (tertiary/aromatic N) is 1. The smallest absolute Gasteiger partial charge is 0.175 e. The van der Waals surface area contributed by atoms with Gasteiger partial charge in [-0.15, -0.1) is 0 Å². The number of hydrogen-bond donors (Lipinski definition) is 1. The predicted octanol–water partition coefficient (Wildman–Crippen LogP) is 2.29. The first kappa shape index (κ1) is 15.3. The zero-order chi connectivity index (χ0) is 14.9. The maximum atomic E-state index is 11.6. The molecular formula is C15H24N2O2S. The van der Waals surface area contributed by atoms with Crippen molar-refractivity contribution in [2.45, 2.75) is 44.2 Å². The van der Waals surface area contributed by atoms with Crippen molar-refractivity contribution in [1.82, 2.24) is 4.90 Å². The lowest BCUT2D eigenvalue weighted by Crippen LogP contribution is -2.31. The molecule has 1 aromatic carbocycles. The van der Waals surface area contributed by atoms with Gasteiger partial charge in [0.2, 0.25) is 0 Å². The number of likely N-dealkylation sites (tertiary alicyclic amines) is 1. The van der Waals surface area contributed by atoms with E-state index in [1.807, 2.05) is 13.0 Å². The number of hydrogen-bond acceptors (Lipinski definition) is 4. The van der Waals surface area contributed by atoms with Crippen LogP contribution in [0.2, 0.25) is 0 Å². The van der Waals surface area contributed by atoms with E-state index >= 15 is 0 Å². The number of sulfone groups is 1.